The van der Waals surface area contributed by atoms with Gasteiger partial charge in [-0.2, -0.15) is 0 Å². The molecule has 1 heterocycles. The molecular formula is C14H15F2N. The molecule has 0 saturated heterocycles. The van der Waals surface area contributed by atoms with Gasteiger partial charge >= 0.3 is 0 Å². The van der Waals surface area contributed by atoms with Crippen LogP contribution in [0.4, 0.5) is 8.78 Å². The van der Waals surface area contributed by atoms with E-state index in [1.165, 1.54) is 23.3 Å². The Morgan fingerprint density at radius 2 is 1.59 bits per heavy atom. The molecule has 0 amide bonds. The summed E-state index contributed by atoms with van der Waals surface area (Å²) in [6.45, 7) is 6.59. The molecule has 3 heteroatoms. The maximum Gasteiger partial charge on any atom is 0.126 e. The quantitative estimate of drug-likeness (QED) is 0.747. The molecule has 0 aliphatic carbocycles. The number of halogens is 2. The number of hydrogen-bond acceptors (Lipinski definition) is 0. The standard InChI is InChI=1S/C14H15F2N/c1-9-7-17(11(3)10(9)2)8-12-4-13(15)6-14(16)5-12/h4-7H,8H2,1-3H3. The Balaban J connectivity index is 2.34. The molecule has 0 spiro atoms. The molecule has 1 aromatic carbocycles. The van der Waals surface area contributed by atoms with Gasteiger partial charge in [0, 0.05) is 24.5 Å². The van der Waals surface area contributed by atoms with Crippen LogP contribution in [-0.2, 0) is 6.54 Å². The highest BCUT2D eigenvalue weighted by molar-refractivity contribution is 5.30. The van der Waals surface area contributed by atoms with Gasteiger partial charge in [0.1, 0.15) is 11.6 Å². The fourth-order valence-electron chi connectivity index (χ4n) is 1.99. The van der Waals surface area contributed by atoms with Gasteiger partial charge in [-0.1, -0.05) is 0 Å². The highest BCUT2D eigenvalue weighted by Gasteiger charge is 2.07. The molecule has 0 aliphatic rings. The molecule has 0 aliphatic heterocycles. The van der Waals surface area contributed by atoms with Crippen LogP contribution in [0.2, 0.25) is 0 Å². The molecule has 2 aromatic rings. The summed E-state index contributed by atoms with van der Waals surface area (Å²) in [4.78, 5) is 0. The highest BCUT2D eigenvalue weighted by atomic mass is 19.1. The van der Waals surface area contributed by atoms with Crippen LogP contribution < -0.4 is 0 Å². The van der Waals surface area contributed by atoms with Crippen molar-refractivity contribution in [2.45, 2.75) is 27.3 Å². The van der Waals surface area contributed by atoms with E-state index in [4.69, 9.17) is 0 Å². The normalized spacial score (nSPS) is 10.9. The number of rotatable bonds is 2. The van der Waals surface area contributed by atoms with Crippen LogP contribution >= 0.6 is 0 Å². The summed E-state index contributed by atoms with van der Waals surface area (Å²) < 4.78 is 28.1. The third-order valence-electron chi connectivity index (χ3n) is 3.19. The van der Waals surface area contributed by atoms with Crippen LogP contribution in [0.1, 0.15) is 22.4 Å². The van der Waals surface area contributed by atoms with Crippen molar-refractivity contribution in [3.05, 3.63) is 58.4 Å². The van der Waals surface area contributed by atoms with E-state index in [9.17, 15) is 8.78 Å². The lowest BCUT2D eigenvalue weighted by Gasteiger charge is -2.07. The van der Waals surface area contributed by atoms with E-state index in [2.05, 4.69) is 0 Å². The van der Waals surface area contributed by atoms with Gasteiger partial charge in [-0.15, -0.1) is 0 Å². The van der Waals surface area contributed by atoms with Crippen molar-refractivity contribution in [3.63, 3.8) is 0 Å². The van der Waals surface area contributed by atoms with E-state index >= 15 is 0 Å². The Kier molecular flexibility index (Phi) is 3.01. The van der Waals surface area contributed by atoms with E-state index in [0.717, 1.165) is 11.8 Å². The smallest absolute Gasteiger partial charge is 0.126 e. The van der Waals surface area contributed by atoms with Crippen LogP contribution in [0, 0.1) is 32.4 Å². The molecule has 0 unspecified atom stereocenters. The highest BCUT2D eigenvalue weighted by Crippen LogP contribution is 2.17. The lowest BCUT2D eigenvalue weighted by molar-refractivity contribution is 0.577. The van der Waals surface area contributed by atoms with Gasteiger partial charge in [0.2, 0.25) is 0 Å². The minimum absolute atomic E-state index is 0.495. The van der Waals surface area contributed by atoms with Crippen LogP contribution in [0.5, 0.6) is 0 Å². The minimum atomic E-state index is -0.529. The molecule has 0 N–H and O–H groups in total. The van der Waals surface area contributed by atoms with Gasteiger partial charge in [0.05, 0.1) is 0 Å². The first kappa shape index (κ1) is 11.8. The Labute approximate surface area is 99.7 Å². The van der Waals surface area contributed by atoms with Crippen LogP contribution in [0.15, 0.2) is 24.4 Å². The molecule has 1 nitrogen and oxygen atoms in total. The number of benzene rings is 1. The Hall–Kier alpha value is -1.64. The number of hydrogen-bond donors (Lipinski definition) is 0. The predicted octanol–water partition coefficient (Wildman–Crippen LogP) is 3.74. The van der Waals surface area contributed by atoms with Crippen molar-refractivity contribution in [1.29, 1.82) is 0 Å². The maximum absolute atomic E-state index is 13.1. The third kappa shape index (κ3) is 2.38. The van der Waals surface area contributed by atoms with Crippen molar-refractivity contribution in [1.82, 2.24) is 4.57 Å². The molecule has 0 atom stereocenters. The fraction of sp³-hybridized carbons (Fsp3) is 0.286. The van der Waals surface area contributed by atoms with E-state index in [1.807, 2.05) is 31.5 Å². The van der Waals surface area contributed by atoms with E-state index < -0.39 is 11.6 Å². The molecule has 0 saturated carbocycles. The zero-order valence-corrected chi connectivity index (χ0v) is 10.2. The summed E-state index contributed by atoms with van der Waals surface area (Å²) in [6, 6.07) is 3.63. The van der Waals surface area contributed by atoms with Crippen molar-refractivity contribution in [2.24, 2.45) is 0 Å². The second-order valence-electron chi connectivity index (χ2n) is 4.43. The fourth-order valence-corrected chi connectivity index (χ4v) is 1.99. The molecule has 2 rings (SSSR count). The monoisotopic (exact) mass is 235 g/mol. The van der Waals surface area contributed by atoms with E-state index in [1.54, 1.807) is 0 Å². The Bertz CT molecular complexity index is 535. The number of aryl methyl sites for hydroxylation is 1. The van der Waals surface area contributed by atoms with Crippen molar-refractivity contribution >= 4 is 0 Å². The third-order valence-corrected chi connectivity index (χ3v) is 3.19. The van der Waals surface area contributed by atoms with Gasteiger partial charge < -0.3 is 4.57 Å². The molecule has 1 aromatic heterocycles. The zero-order chi connectivity index (χ0) is 12.6. The molecule has 0 bridgehead atoms. The van der Waals surface area contributed by atoms with Crippen molar-refractivity contribution < 1.29 is 8.78 Å². The first-order valence-electron chi connectivity index (χ1n) is 5.55. The summed E-state index contributed by atoms with van der Waals surface area (Å²) in [5.41, 5.74) is 4.19. The Morgan fingerprint density at radius 1 is 1.00 bits per heavy atom. The maximum atomic E-state index is 13.1. The molecule has 0 fully saturated rings. The van der Waals surface area contributed by atoms with E-state index in [0.29, 0.717) is 12.1 Å². The first-order chi connectivity index (χ1) is 7.97. The second-order valence-corrected chi connectivity index (χ2v) is 4.43. The van der Waals surface area contributed by atoms with Crippen LogP contribution in [-0.4, -0.2) is 4.57 Å². The van der Waals surface area contributed by atoms with Gasteiger partial charge in [0.15, 0.2) is 0 Å². The van der Waals surface area contributed by atoms with Gasteiger partial charge in [-0.25, -0.2) is 8.78 Å². The molecular weight excluding hydrogens is 220 g/mol. The average molecular weight is 235 g/mol. The number of nitrogens with zero attached hydrogens (tertiary/aromatic N) is 1. The summed E-state index contributed by atoms with van der Waals surface area (Å²) >= 11 is 0. The first-order valence-corrected chi connectivity index (χ1v) is 5.55. The molecule has 0 radical (unpaired) electrons. The second kappa shape index (κ2) is 4.32. The van der Waals surface area contributed by atoms with Crippen LogP contribution in [0.25, 0.3) is 0 Å². The largest absolute Gasteiger partial charge is 0.347 e. The lowest BCUT2D eigenvalue weighted by Crippen LogP contribution is -2.01. The Morgan fingerprint density at radius 3 is 2.06 bits per heavy atom. The summed E-state index contributed by atoms with van der Waals surface area (Å²) in [5, 5.41) is 0. The topological polar surface area (TPSA) is 4.93 Å². The van der Waals surface area contributed by atoms with Crippen LogP contribution in [0.3, 0.4) is 0 Å². The SMILES string of the molecule is Cc1cn(Cc2cc(F)cc(F)c2)c(C)c1C. The van der Waals surface area contributed by atoms with Gasteiger partial charge in [-0.3, -0.25) is 0 Å². The molecule has 17 heavy (non-hydrogen) atoms. The predicted molar refractivity (Wildman–Crippen MR) is 64.1 cm³/mol. The zero-order valence-electron chi connectivity index (χ0n) is 10.2. The van der Waals surface area contributed by atoms with Crippen molar-refractivity contribution in [2.75, 3.05) is 0 Å². The average Bonchev–Trinajstić information content (AvgIpc) is 2.45. The summed E-state index contributed by atoms with van der Waals surface area (Å²) in [7, 11) is 0. The minimum Gasteiger partial charge on any atom is -0.347 e. The van der Waals surface area contributed by atoms with E-state index in [-0.39, 0.29) is 0 Å². The number of aromatic nitrogens is 1. The summed E-state index contributed by atoms with van der Waals surface area (Å²) in [5.74, 6) is -1.06. The van der Waals surface area contributed by atoms with Gasteiger partial charge in [0.25, 0.3) is 0 Å². The van der Waals surface area contributed by atoms with Gasteiger partial charge in [-0.05, 0) is 49.6 Å². The van der Waals surface area contributed by atoms with Crippen molar-refractivity contribution in [3.8, 4) is 0 Å². The molecule has 90 valence electrons. The lowest BCUT2D eigenvalue weighted by atomic mass is 10.2. The summed E-state index contributed by atoms with van der Waals surface area (Å²) in [6.07, 6.45) is 2.01.